The highest BCUT2D eigenvalue weighted by Crippen LogP contribution is 2.28. The number of amides is 3. The minimum atomic E-state index is -3.89. The molecule has 1 saturated carbocycles. The number of hydrogen-bond acceptors (Lipinski definition) is 9. The third kappa shape index (κ3) is 12.0. The average molecular weight is 748 g/mol. The molecular weight excluding hydrogens is 695 g/mol. The fraction of sp³-hybridized carbons (Fsp3) is 0.513. The average Bonchev–Trinajstić information content (AvgIpc) is 3.68. The Labute approximate surface area is 313 Å². The summed E-state index contributed by atoms with van der Waals surface area (Å²) < 4.78 is 29.7. The number of nitrogens with zero attached hydrogens (tertiary/aromatic N) is 5. The van der Waals surface area contributed by atoms with Gasteiger partial charge in [0.1, 0.15) is 18.6 Å². The van der Waals surface area contributed by atoms with Crippen LogP contribution in [0.3, 0.4) is 0 Å². The fourth-order valence-electron chi connectivity index (χ4n) is 6.63. The van der Waals surface area contributed by atoms with Crippen LogP contribution in [0.5, 0.6) is 0 Å². The number of hydrogen-bond donors (Lipinski definition) is 2. The maximum atomic E-state index is 14.1. The van der Waals surface area contributed by atoms with Gasteiger partial charge in [-0.05, 0) is 79.8 Å². The van der Waals surface area contributed by atoms with E-state index in [2.05, 4.69) is 26.0 Å². The van der Waals surface area contributed by atoms with E-state index >= 15 is 0 Å². The van der Waals surface area contributed by atoms with Crippen LogP contribution in [0.25, 0.3) is 0 Å². The molecule has 3 amide bonds. The normalized spacial score (nSPS) is 15.6. The van der Waals surface area contributed by atoms with Crippen LogP contribution in [-0.4, -0.2) is 66.8 Å². The van der Waals surface area contributed by atoms with Crippen LogP contribution in [0.1, 0.15) is 87.9 Å². The van der Waals surface area contributed by atoms with Gasteiger partial charge in [-0.15, -0.1) is 0 Å². The van der Waals surface area contributed by atoms with Crippen molar-refractivity contribution in [3.05, 3.63) is 105 Å². The van der Waals surface area contributed by atoms with E-state index in [1.165, 1.54) is 21.3 Å². The molecular formula is C39H53N7O6S. The number of pyridine rings is 1. The van der Waals surface area contributed by atoms with Crippen LogP contribution in [0.4, 0.5) is 4.79 Å². The van der Waals surface area contributed by atoms with Gasteiger partial charge < -0.3 is 15.5 Å². The van der Waals surface area contributed by atoms with Crippen molar-refractivity contribution in [2.45, 2.75) is 102 Å². The Balaban J connectivity index is 1.52. The van der Waals surface area contributed by atoms with Crippen LogP contribution in [0, 0.1) is 21.6 Å². The van der Waals surface area contributed by atoms with E-state index in [1.54, 1.807) is 44.3 Å². The number of nitroso groups, excluding NO2 is 2. The molecule has 4 atom stereocenters. The number of sulfonamides is 1. The third-order valence-corrected chi connectivity index (χ3v) is 12.0. The Morgan fingerprint density at radius 2 is 1.62 bits per heavy atom. The highest BCUT2D eigenvalue weighted by atomic mass is 32.2. The summed E-state index contributed by atoms with van der Waals surface area (Å²) in [6.45, 7) is 6.19. The minimum Gasteiger partial charge on any atom is -0.351 e. The molecule has 53 heavy (non-hydrogen) atoms. The monoisotopic (exact) mass is 747 g/mol. The van der Waals surface area contributed by atoms with Gasteiger partial charge in [0.05, 0.1) is 22.8 Å². The summed E-state index contributed by atoms with van der Waals surface area (Å²) in [5.74, 6) is -0.310. The summed E-state index contributed by atoms with van der Waals surface area (Å²) in [6.07, 6.45) is 5.49. The van der Waals surface area contributed by atoms with E-state index < -0.39 is 34.2 Å². The topological polar surface area (TPSA) is 171 Å². The first-order valence-electron chi connectivity index (χ1n) is 18.5. The Morgan fingerprint density at radius 3 is 2.26 bits per heavy atom. The molecule has 1 aliphatic rings. The molecule has 1 aliphatic carbocycles. The number of urea groups is 1. The number of aromatic nitrogens is 1. The quantitative estimate of drug-likeness (QED) is 0.121. The summed E-state index contributed by atoms with van der Waals surface area (Å²) >= 11 is 0. The lowest BCUT2D eigenvalue weighted by atomic mass is 9.97. The van der Waals surface area contributed by atoms with Gasteiger partial charge in [-0.1, -0.05) is 92.0 Å². The SMILES string of the molecule is CC[C@H](C)[C@H](NC(=O)N(C)Cc1cccc(C(C)N=O)n1)C(=O)N[C@H](CCN(CC1CCCC1)S(=O)(=O)c1ccc(CN=O)cc1)Cc1ccccc1. The van der Waals surface area contributed by atoms with Crippen LogP contribution in [0.15, 0.2) is 88.0 Å². The Kier molecular flexibility index (Phi) is 15.6. The zero-order valence-electron chi connectivity index (χ0n) is 31.2. The first-order valence-corrected chi connectivity index (χ1v) is 19.9. The van der Waals surface area contributed by atoms with Crippen molar-refractivity contribution < 1.29 is 18.0 Å². The van der Waals surface area contributed by atoms with Crippen LogP contribution < -0.4 is 10.6 Å². The molecule has 2 N–H and O–H groups in total. The van der Waals surface area contributed by atoms with E-state index in [4.69, 9.17) is 0 Å². The van der Waals surface area contributed by atoms with Crippen molar-refractivity contribution in [1.29, 1.82) is 0 Å². The van der Waals surface area contributed by atoms with Gasteiger partial charge in [0.25, 0.3) is 0 Å². The lowest BCUT2D eigenvalue weighted by Crippen LogP contribution is -2.55. The summed E-state index contributed by atoms with van der Waals surface area (Å²) in [5.41, 5.74) is 2.70. The second-order valence-corrected chi connectivity index (χ2v) is 16.1. The molecule has 1 unspecified atom stereocenters. The van der Waals surface area contributed by atoms with Crippen molar-refractivity contribution in [1.82, 2.24) is 24.8 Å². The van der Waals surface area contributed by atoms with Gasteiger partial charge in [-0.2, -0.15) is 14.1 Å². The minimum absolute atomic E-state index is 0.0355. The second kappa shape index (κ2) is 20.0. The molecule has 0 aliphatic heterocycles. The highest BCUT2D eigenvalue weighted by molar-refractivity contribution is 7.89. The molecule has 286 valence electrons. The summed E-state index contributed by atoms with van der Waals surface area (Å²) in [7, 11) is -2.28. The van der Waals surface area contributed by atoms with Gasteiger partial charge >= 0.3 is 6.03 Å². The first-order chi connectivity index (χ1) is 25.4. The van der Waals surface area contributed by atoms with E-state index in [1.807, 2.05) is 44.2 Å². The van der Waals surface area contributed by atoms with Crippen molar-refractivity contribution >= 4 is 22.0 Å². The van der Waals surface area contributed by atoms with Crippen molar-refractivity contribution in [2.24, 2.45) is 22.2 Å². The van der Waals surface area contributed by atoms with Crippen LogP contribution in [0.2, 0.25) is 0 Å². The zero-order valence-corrected chi connectivity index (χ0v) is 32.0. The van der Waals surface area contributed by atoms with Crippen LogP contribution >= 0.6 is 0 Å². The summed E-state index contributed by atoms with van der Waals surface area (Å²) in [6, 6.07) is 18.8. The molecule has 1 fully saturated rings. The number of nitrogens with one attached hydrogen (secondary N) is 2. The van der Waals surface area contributed by atoms with Gasteiger partial charge in [0, 0.05) is 26.2 Å². The predicted molar refractivity (Wildman–Crippen MR) is 205 cm³/mol. The Bertz CT molecular complexity index is 1750. The largest absolute Gasteiger partial charge is 0.351 e. The standard InChI is InChI=1S/C39H53N7O6S/c1-5-28(2)37(43-39(48)45(4)27-34-16-11-17-36(41-34)29(3)44-50)38(47)42-33(24-30-12-7-6-8-13-30)22-23-46(26-32-14-9-10-15-32)53(51,52)35-20-18-31(19-21-35)25-40-49/h6-8,11-13,16-21,28-29,32-33,37H,5,9-10,14-15,22-27H2,1-4H3,(H,42,47)(H,43,48)/t28-,29?,33+,37-/m0/s1. The lowest BCUT2D eigenvalue weighted by molar-refractivity contribution is -0.124. The first kappa shape index (κ1) is 41.2. The second-order valence-electron chi connectivity index (χ2n) is 14.1. The molecule has 0 spiro atoms. The molecule has 0 bridgehead atoms. The van der Waals surface area contributed by atoms with E-state index in [9.17, 15) is 27.8 Å². The molecule has 1 heterocycles. The number of rotatable bonds is 20. The molecule has 14 heteroatoms. The molecule has 0 radical (unpaired) electrons. The Hall–Kier alpha value is -4.56. The van der Waals surface area contributed by atoms with Crippen molar-refractivity contribution in [3.8, 4) is 0 Å². The maximum absolute atomic E-state index is 14.1. The van der Waals surface area contributed by atoms with Crippen molar-refractivity contribution in [2.75, 3.05) is 20.1 Å². The highest BCUT2D eigenvalue weighted by Gasteiger charge is 2.32. The maximum Gasteiger partial charge on any atom is 0.318 e. The van der Waals surface area contributed by atoms with Gasteiger partial charge in [0.2, 0.25) is 15.9 Å². The number of benzene rings is 2. The van der Waals surface area contributed by atoms with Gasteiger partial charge in [0.15, 0.2) is 0 Å². The summed E-state index contributed by atoms with van der Waals surface area (Å²) in [4.78, 5) is 55.4. The molecule has 1 aromatic heterocycles. The van der Waals surface area contributed by atoms with E-state index in [0.717, 1.165) is 31.2 Å². The smallest absolute Gasteiger partial charge is 0.318 e. The fourth-order valence-corrected chi connectivity index (χ4v) is 8.16. The van der Waals surface area contributed by atoms with Crippen molar-refractivity contribution in [3.63, 3.8) is 0 Å². The van der Waals surface area contributed by atoms with Crippen LogP contribution in [-0.2, 0) is 34.3 Å². The molecule has 2 aromatic carbocycles. The predicted octanol–water partition coefficient (Wildman–Crippen LogP) is 6.73. The lowest BCUT2D eigenvalue weighted by Gasteiger charge is -2.30. The zero-order chi connectivity index (χ0) is 38.4. The van der Waals surface area contributed by atoms with E-state index in [0.29, 0.717) is 42.8 Å². The molecule has 4 rings (SSSR count). The Morgan fingerprint density at radius 1 is 0.925 bits per heavy atom. The number of carbonyl (C=O) groups excluding carboxylic acids is 2. The number of carbonyl (C=O) groups is 2. The molecule has 13 nitrogen and oxygen atoms in total. The third-order valence-electron chi connectivity index (χ3n) is 10.1. The van der Waals surface area contributed by atoms with Gasteiger partial charge in [-0.25, -0.2) is 13.2 Å². The molecule has 0 saturated heterocycles. The van der Waals surface area contributed by atoms with E-state index in [-0.39, 0.29) is 42.3 Å². The summed E-state index contributed by atoms with van der Waals surface area (Å²) in [5, 5.41) is 12.0. The van der Waals surface area contributed by atoms with Gasteiger partial charge in [-0.3, -0.25) is 9.78 Å². The molecule has 3 aromatic rings.